The molecule has 168 valence electrons. The summed E-state index contributed by atoms with van der Waals surface area (Å²) in [4.78, 5) is 27.6. The molecule has 3 N–H and O–H groups in total. The fourth-order valence-corrected chi connectivity index (χ4v) is 4.31. The summed E-state index contributed by atoms with van der Waals surface area (Å²) >= 11 is 6.03. The van der Waals surface area contributed by atoms with E-state index in [0.717, 1.165) is 30.8 Å². The average Bonchev–Trinajstić information content (AvgIpc) is 3.21. The summed E-state index contributed by atoms with van der Waals surface area (Å²) in [6.45, 7) is 4.15. The van der Waals surface area contributed by atoms with Crippen molar-refractivity contribution in [2.75, 3.05) is 31.6 Å². The topological polar surface area (TPSA) is 82.7 Å². The van der Waals surface area contributed by atoms with Gasteiger partial charge in [-0.15, -0.1) is 0 Å². The predicted molar refractivity (Wildman–Crippen MR) is 124 cm³/mol. The van der Waals surface area contributed by atoms with Crippen molar-refractivity contribution in [1.29, 1.82) is 0 Å². The van der Waals surface area contributed by atoms with Crippen LogP contribution in [0.2, 0.25) is 5.02 Å². The number of rotatable bonds is 7. The quantitative estimate of drug-likeness (QED) is 0.556. The Balaban J connectivity index is 1.55. The molecule has 0 aliphatic carbocycles. The third-order valence-electron chi connectivity index (χ3n) is 5.65. The van der Waals surface area contributed by atoms with E-state index in [1.807, 2.05) is 42.5 Å². The summed E-state index contributed by atoms with van der Waals surface area (Å²) in [7, 11) is 0. The third-order valence-corrected chi connectivity index (χ3v) is 5.90. The van der Waals surface area contributed by atoms with Crippen LogP contribution in [-0.2, 0) is 9.53 Å². The van der Waals surface area contributed by atoms with Crippen LogP contribution in [0.1, 0.15) is 24.9 Å². The van der Waals surface area contributed by atoms with Gasteiger partial charge in [-0.3, -0.25) is 4.90 Å². The lowest BCUT2D eigenvalue weighted by atomic mass is 9.95. The number of carbonyl (C=O) groups is 2. The Kier molecular flexibility index (Phi) is 6.97. The van der Waals surface area contributed by atoms with Gasteiger partial charge in [-0.2, -0.15) is 0 Å². The number of carbonyl (C=O) groups excluding carboxylic acids is 2. The Morgan fingerprint density at radius 3 is 2.66 bits per heavy atom. The van der Waals surface area contributed by atoms with Crippen LogP contribution in [0.4, 0.5) is 10.5 Å². The molecule has 0 radical (unpaired) electrons. The zero-order valence-electron chi connectivity index (χ0n) is 17.9. The maximum Gasteiger partial charge on any atom is 0.338 e. The fraction of sp³-hybridized carbons (Fsp3) is 0.333. The van der Waals surface area contributed by atoms with E-state index >= 15 is 0 Å². The van der Waals surface area contributed by atoms with Crippen molar-refractivity contribution in [3.05, 3.63) is 76.5 Å². The van der Waals surface area contributed by atoms with Gasteiger partial charge >= 0.3 is 12.0 Å². The van der Waals surface area contributed by atoms with Crippen molar-refractivity contribution in [1.82, 2.24) is 15.5 Å². The van der Waals surface area contributed by atoms with Gasteiger partial charge in [-0.25, -0.2) is 9.59 Å². The summed E-state index contributed by atoms with van der Waals surface area (Å²) in [6, 6.07) is 16.6. The van der Waals surface area contributed by atoms with Crippen LogP contribution in [0.15, 0.2) is 65.9 Å². The normalized spacial score (nSPS) is 21.1. The molecule has 7 nitrogen and oxygen atoms in total. The minimum atomic E-state index is -0.601. The zero-order valence-corrected chi connectivity index (χ0v) is 18.7. The van der Waals surface area contributed by atoms with Gasteiger partial charge in [0.15, 0.2) is 0 Å². The molecule has 2 aliphatic heterocycles. The highest BCUT2D eigenvalue weighted by molar-refractivity contribution is 6.30. The molecule has 2 atom stereocenters. The number of halogens is 1. The molecular formula is C24H27ClN4O3. The van der Waals surface area contributed by atoms with E-state index in [9.17, 15) is 9.59 Å². The molecule has 8 heteroatoms. The van der Waals surface area contributed by atoms with Crippen LogP contribution >= 0.6 is 11.6 Å². The van der Waals surface area contributed by atoms with Gasteiger partial charge in [0.25, 0.3) is 0 Å². The highest BCUT2D eigenvalue weighted by Crippen LogP contribution is 2.29. The molecule has 2 aromatic carbocycles. The molecule has 2 aliphatic rings. The summed E-state index contributed by atoms with van der Waals surface area (Å²) in [5.41, 5.74) is 2.86. The summed E-state index contributed by atoms with van der Waals surface area (Å²) in [6.07, 6.45) is 0.976. The van der Waals surface area contributed by atoms with E-state index in [2.05, 4.69) is 20.9 Å². The van der Waals surface area contributed by atoms with E-state index in [4.69, 9.17) is 16.3 Å². The van der Waals surface area contributed by atoms with Gasteiger partial charge < -0.3 is 20.7 Å². The second-order valence-electron chi connectivity index (χ2n) is 7.93. The van der Waals surface area contributed by atoms with E-state index < -0.39 is 12.0 Å². The largest absolute Gasteiger partial charge is 0.463 e. The lowest BCUT2D eigenvalue weighted by molar-refractivity contribution is -0.139. The maximum absolute atomic E-state index is 12.9. The van der Waals surface area contributed by atoms with Crippen LogP contribution in [0.5, 0.6) is 0 Å². The van der Waals surface area contributed by atoms with Gasteiger partial charge in [0.2, 0.25) is 0 Å². The lowest BCUT2D eigenvalue weighted by Crippen LogP contribution is -2.48. The number of nitrogens with zero attached hydrogens (tertiary/aromatic N) is 1. The Morgan fingerprint density at radius 1 is 1.19 bits per heavy atom. The first kappa shape index (κ1) is 22.2. The predicted octanol–water partition coefficient (Wildman–Crippen LogP) is 3.70. The molecule has 0 spiro atoms. The molecular weight excluding hydrogens is 428 g/mol. The molecule has 32 heavy (non-hydrogen) atoms. The SMILES string of the molecule is CCOC(=O)C1=C(CN2CCC(Nc3ccccc3)C2)NC(=O)NC1c1ccc(Cl)cc1. The average molecular weight is 455 g/mol. The molecule has 4 rings (SSSR count). The summed E-state index contributed by atoms with van der Waals surface area (Å²) < 4.78 is 5.34. The summed E-state index contributed by atoms with van der Waals surface area (Å²) in [5, 5.41) is 9.84. The monoisotopic (exact) mass is 454 g/mol. The molecule has 0 saturated carbocycles. The number of hydrogen-bond acceptors (Lipinski definition) is 5. The number of likely N-dealkylation sites (tertiary alicyclic amines) is 1. The Labute approximate surface area is 192 Å². The van der Waals surface area contributed by atoms with Gasteiger partial charge in [-0.1, -0.05) is 41.9 Å². The van der Waals surface area contributed by atoms with Gasteiger partial charge in [-0.05, 0) is 43.2 Å². The highest BCUT2D eigenvalue weighted by atomic mass is 35.5. The summed E-state index contributed by atoms with van der Waals surface area (Å²) in [5.74, 6) is -0.437. The standard InChI is InChI=1S/C24H27ClN4O3/c1-2-32-23(30)21-20(27-24(31)28-22(21)16-8-10-17(25)11-9-16)15-29-13-12-19(14-29)26-18-6-4-3-5-7-18/h3-11,19,22,26H,2,12-15H2,1H3,(H2,27,28,31). The number of amides is 2. The lowest BCUT2D eigenvalue weighted by Gasteiger charge is -2.31. The van der Waals surface area contributed by atoms with Crippen molar-refractivity contribution >= 4 is 29.3 Å². The van der Waals surface area contributed by atoms with Crippen LogP contribution in [0.3, 0.4) is 0 Å². The first-order valence-electron chi connectivity index (χ1n) is 10.8. The third kappa shape index (κ3) is 5.23. The number of esters is 1. The second-order valence-corrected chi connectivity index (χ2v) is 8.36. The molecule has 1 saturated heterocycles. The zero-order chi connectivity index (χ0) is 22.5. The van der Waals surface area contributed by atoms with Crippen molar-refractivity contribution < 1.29 is 14.3 Å². The van der Waals surface area contributed by atoms with Gasteiger partial charge in [0.05, 0.1) is 18.2 Å². The molecule has 0 aromatic heterocycles. The van der Waals surface area contributed by atoms with Crippen molar-refractivity contribution in [3.63, 3.8) is 0 Å². The van der Waals surface area contributed by atoms with Gasteiger partial charge in [0, 0.05) is 42.1 Å². The number of benzene rings is 2. The number of nitrogens with one attached hydrogen (secondary N) is 3. The highest BCUT2D eigenvalue weighted by Gasteiger charge is 2.35. The number of para-hydroxylation sites is 1. The van der Waals surface area contributed by atoms with Crippen LogP contribution in [0, 0.1) is 0 Å². The Morgan fingerprint density at radius 2 is 1.94 bits per heavy atom. The first-order valence-corrected chi connectivity index (χ1v) is 11.2. The van der Waals surface area contributed by atoms with Gasteiger partial charge in [0.1, 0.15) is 0 Å². The Bertz CT molecular complexity index is 994. The second kappa shape index (κ2) is 10.1. The van der Waals surface area contributed by atoms with E-state index in [1.165, 1.54) is 0 Å². The first-order chi connectivity index (χ1) is 15.5. The Hall–Kier alpha value is -3.03. The van der Waals surface area contributed by atoms with E-state index in [-0.39, 0.29) is 12.6 Å². The van der Waals surface area contributed by atoms with Crippen molar-refractivity contribution in [3.8, 4) is 0 Å². The molecule has 2 unspecified atom stereocenters. The van der Waals surface area contributed by atoms with Crippen LogP contribution in [-0.4, -0.2) is 49.2 Å². The molecule has 1 fully saturated rings. The number of urea groups is 1. The maximum atomic E-state index is 12.9. The minimum Gasteiger partial charge on any atom is -0.463 e. The number of ether oxygens (including phenoxy) is 1. The number of anilines is 1. The smallest absolute Gasteiger partial charge is 0.338 e. The van der Waals surface area contributed by atoms with Crippen LogP contribution < -0.4 is 16.0 Å². The minimum absolute atomic E-state index is 0.254. The van der Waals surface area contributed by atoms with Crippen molar-refractivity contribution in [2.24, 2.45) is 0 Å². The number of hydrogen-bond donors (Lipinski definition) is 3. The van der Waals surface area contributed by atoms with Crippen molar-refractivity contribution in [2.45, 2.75) is 25.4 Å². The van der Waals surface area contributed by atoms with Crippen LogP contribution in [0.25, 0.3) is 0 Å². The molecule has 2 amide bonds. The fourth-order valence-electron chi connectivity index (χ4n) is 4.19. The molecule has 2 heterocycles. The van der Waals surface area contributed by atoms with E-state index in [0.29, 0.717) is 28.9 Å². The molecule has 0 bridgehead atoms. The van der Waals surface area contributed by atoms with E-state index in [1.54, 1.807) is 19.1 Å². The molecule has 2 aromatic rings.